The molecule has 21 heavy (non-hydrogen) atoms. The number of nitrogens with zero attached hydrogens (tertiary/aromatic N) is 1. The Morgan fingerprint density at radius 1 is 1.05 bits per heavy atom. The molecule has 1 N–H and O–H groups in total. The number of halogens is 3. The highest BCUT2D eigenvalue weighted by molar-refractivity contribution is 6.35. The molecule has 0 bridgehead atoms. The van der Waals surface area contributed by atoms with Gasteiger partial charge in [-0.15, -0.1) is 0 Å². The lowest BCUT2D eigenvalue weighted by atomic mass is 10.1. The zero-order valence-electron chi connectivity index (χ0n) is 10.9. The Balaban J connectivity index is 1.92. The van der Waals surface area contributed by atoms with E-state index in [9.17, 15) is 4.39 Å². The molecule has 1 heterocycles. The van der Waals surface area contributed by atoms with Crippen molar-refractivity contribution in [3.05, 3.63) is 70.1 Å². The highest BCUT2D eigenvalue weighted by Crippen LogP contribution is 2.29. The van der Waals surface area contributed by atoms with Crippen LogP contribution in [-0.2, 0) is 6.54 Å². The summed E-state index contributed by atoms with van der Waals surface area (Å²) in [6.07, 6.45) is 1.71. The van der Waals surface area contributed by atoms with Crippen molar-refractivity contribution >= 4 is 39.8 Å². The first-order valence-corrected chi connectivity index (χ1v) is 7.12. The molecule has 0 saturated carbocycles. The second kappa shape index (κ2) is 5.88. The van der Waals surface area contributed by atoms with Gasteiger partial charge in [0.2, 0.25) is 0 Å². The Morgan fingerprint density at radius 2 is 1.90 bits per heavy atom. The van der Waals surface area contributed by atoms with Crippen molar-refractivity contribution in [2.75, 3.05) is 5.32 Å². The van der Waals surface area contributed by atoms with E-state index in [1.54, 1.807) is 24.4 Å². The van der Waals surface area contributed by atoms with Gasteiger partial charge in [0, 0.05) is 18.1 Å². The molecule has 0 spiro atoms. The summed E-state index contributed by atoms with van der Waals surface area (Å²) in [5, 5.41) is 4.88. The number of hydrogen-bond acceptors (Lipinski definition) is 2. The molecule has 0 aliphatic heterocycles. The van der Waals surface area contributed by atoms with E-state index in [4.69, 9.17) is 23.2 Å². The molecule has 0 amide bonds. The Hall–Kier alpha value is -1.84. The van der Waals surface area contributed by atoms with Gasteiger partial charge in [0.1, 0.15) is 5.82 Å². The quantitative estimate of drug-likeness (QED) is 0.709. The van der Waals surface area contributed by atoms with Crippen LogP contribution < -0.4 is 5.32 Å². The maximum Gasteiger partial charge on any atom is 0.142 e. The highest BCUT2D eigenvalue weighted by Gasteiger charge is 2.08. The van der Waals surface area contributed by atoms with Gasteiger partial charge < -0.3 is 5.32 Å². The first kappa shape index (κ1) is 14.1. The molecular formula is C16H11Cl2FN2. The van der Waals surface area contributed by atoms with E-state index in [1.165, 1.54) is 6.07 Å². The van der Waals surface area contributed by atoms with Crippen molar-refractivity contribution in [1.29, 1.82) is 0 Å². The predicted molar refractivity (Wildman–Crippen MR) is 85.5 cm³/mol. The van der Waals surface area contributed by atoms with Crippen LogP contribution in [0.25, 0.3) is 10.9 Å². The van der Waals surface area contributed by atoms with Crippen LogP contribution in [0.5, 0.6) is 0 Å². The molecule has 1 aromatic heterocycles. The minimum Gasteiger partial charge on any atom is -0.379 e. The number of pyridine rings is 1. The molecule has 106 valence electrons. The third kappa shape index (κ3) is 2.80. The van der Waals surface area contributed by atoms with Crippen molar-refractivity contribution in [3.8, 4) is 0 Å². The summed E-state index contributed by atoms with van der Waals surface area (Å²) >= 11 is 12.1. The zero-order valence-corrected chi connectivity index (χ0v) is 12.4. The second-order valence-electron chi connectivity index (χ2n) is 4.56. The van der Waals surface area contributed by atoms with Gasteiger partial charge in [-0.1, -0.05) is 35.3 Å². The summed E-state index contributed by atoms with van der Waals surface area (Å²) in [6, 6.07) is 12.2. The minimum absolute atomic E-state index is 0.135. The Morgan fingerprint density at radius 3 is 2.76 bits per heavy atom. The molecular weight excluding hydrogens is 310 g/mol. The van der Waals surface area contributed by atoms with Crippen LogP contribution in [-0.4, -0.2) is 4.98 Å². The average molecular weight is 321 g/mol. The largest absolute Gasteiger partial charge is 0.379 e. The average Bonchev–Trinajstić information content (AvgIpc) is 2.51. The number of nitrogens with one attached hydrogen (secondary N) is 1. The second-order valence-corrected chi connectivity index (χ2v) is 5.35. The fourth-order valence-electron chi connectivity index (χ4n) is 2.16. The van der Waals surface area contributed by atoms with E-state index in [-0.39, 0.29) is 5.02 Å². The number of fused-ring (bicyclic) bond motifs is 1. The summed E-state index contributed by atoms with van der Waals surface area (Å²) in [7, 11) is 0. The first-order valence-electron chi connectivity index (χ1n) is 6.37. The van der Waals surface area contributed by atoms with E-state index >= 15 is 0 Å². The molecule has 3 aromatic rings. The maximum absolute atomic E-state index is 13.4. The van der Waals surface area contributed by atoms with E-state index in [2.05, 4.69) is 10.3 Å². The van der Waals surface area contributed by atoms with E-state index in [0.29, 0.717) is 17.1 Å². The summed E-state index contributed by atoms with van der Waals surface area (Å²) in [5.74, 6) is -0.421. The molecule has 0 aliphatic rings. The normalized spacial score (nSPS) is 10.8. The van der Waals surface area contributed by atoms with Crippen molar-refractivity contribution in [2.45, 2.75) is 6.54 Å². The fraction of sp³-hybridized carbons (Fsp3) is 0.0625. The smallest absolute Gasteiger partial charge is 0.142 e. The Labute approximate surface area is 131 Å². The summed E-state index contributed by atoms with van der Waals surface area (Å²) in [6.45, 7) is 0.407. The molecule has 0 aliphatic carbocycles. The van der Waals surface area contributed by atoms with E-state index < -0.39 is 5.82 Å². The topological polar surface area (TPSA) is 24.9 Å². The lowest BCUT2D eigenvalue weighted by Crippen LogP contribution is -2.02. The molecule has 5 heteroatoms. The number of aromatic nitrogens is 1. The van der Waals surface area contributed by atoms with Gasteiger partial charge in [-0.3, -0.25) is 4.98 Å². The summed E-state index contributed by atoms with van der Waals surface area (Å²) in [4.78, 5) is 4.34. The van der Waals surface area contributed by atoms with Crippen molar-refractivity contribution < 1.29 is 4.39 Å². The summed E-state index contributed by atoms with van der Waals surface area (Å²) < 4.78 is 13.4. The number of rotatable bonds is 3. The first-order chi connectivity index (χ1) is 10.2. The van der Waals surface area contributed by atoms with Crippen molar-refractivity contribution in [1.82, 2.24) is 4.98 Å². The summed E-state index contributed by atoms with van der Waals surface area (Å²) in [5.41, 5.74) is 2.29. The van der Waals surface area contributed by atoms with E-state index in [1.807, 2.05) is 18.2 Å². The van der Waals surface area contributed by atoms with Crippen LogP contribution in [0.15, 0.2) is 48.7 Å². The van der Waals surface area contributed by atoms with Crippen LogP contribution in [0.3, 0.4) is 0 Å². The molecule has 2 nitrogen and oxygen atoms in total. The minimum atomic E-state index is -0.421. The molecule has 0 unspecified atom stereocenters. The highest BCUT2D eigenvalue weighted by atomic mass is 35.5. The zero-order chi connectivity index (χ0) is 14.8. The molecule has 0 saturated heterocycles. The maximum atomic E-state index is 13.4. The van der Waals surface area contributed by atoms with Gasteiger partial charge in [0.15, 0.2) is 0 Å². The van der Waals surface area contributed by atoms with Crippen molar-refractivity contribution in [2.24, 2.45) is 0 Å². The molecule has 0 radical (unpaired) electrons. The van der Waals surface area contributed by atoms with Crippen LogP contribution >= 0.6 is 23.2 Å². The number of benzene rings is 2. The molecule has 3 rings (SSSR count). The lowest BCUT2D eigenvalue weighted by molar-refractivity contribution is 0.626. The van der Waals surface area contributed by atoms with Gasteiger partial charge in [-0.2, -0.15) is 0 Å². The Kier molecular flexibility index (Phi) is 3.95. The van der Waals surface area contributed by atoms with Gasteiger partial charge in [0.25, 0.3) is 0 Å². The van der Waals surface area contributed by atoms with Crippen LogP contribution in [0, 0.1) is 5.82 Å². The number of anilines is 1. The Bertz CT molecular complexity index is 805. The van der Waals surface area contributed by atoms with Crippen molar-refractivity contribution in [3.63, 3.8) is 0 Å². The van der Waals surface area contributed by atoms with Gasteiger partial charge in [-0.25, -0.2) is 4.39 Å². The standard InChI is InChI=1S/C16H11Cl2FN2/c17-12-6-7-14(16-11(12)4-2-8-20-16)21-9-10-3-1-5-13(19)15(10)18/h1-8,21H,9H2. The third-order valence-corrected chi connectivity index (χ3v) is 3.97. The fourth-order valence-corrected chi connectivity index (χ4v) is 2.56. The number of hydrogen-bond donors (Lipinski definition) is 1. The lowest BCUT2D eigenvalue weighted by Gasteiger charge is -2.11. The monoisotopic (exact) mass is 320 g/mol. The predicted octanol–water partition coefficient (Wildman–Crippen LogP) is 5.29. The van der Waals surface area contributed by atoms with Crippen LogP contribution in [0.4, 0.5) is 10.1 Å². The van der Waals surface area contributed by atoms with E-state index in [0.717, 1.165) is 16.6 Å². The molecule has 0 atom stereocenters. The SMILES string of the molecule is Fc1cccc(CNc2ccc(Cl)c3cccnc23)c1Cl. The van der Waals surface area contributed by atoms with Gasteiger partial charge in [0.05, 0.1) is 21.2 Å². The van der Waals surface area contributed by atoms with Crippen LogP contribution in [0.1, 0.15) is 5.56 Å². The molecule has 2 aromatic carbocycles. The van der Waals surface area contributed by atoms with Crippen LogP contribution in [0.2, 0.25) is 10.0 Å². The van der Waals surface area contributed by atoms with Gasteiger partial charge in [-0.05, 0) is 35.9 Å². The molecule has 0 fully saturated rings. The van der Waals surface area contributed by atoms with Gasteiger partial charge >= 0.3 is 0 Å². The third-order valence-electron chi connectivity index (χ3n) is 3.22.